The van der Waals surface area contributed by atoms with Crippen molar-refractivity contribution in [2.24, 2.45) is 0 Å². The second kappa shape index (κ2) is 5.67. The molecule has 1 aromatic rings. The van der Waals surface area contributed by atoms with Crippen molar-refractivity contribution in [3.8, 4) is 0 Å². The summed E-state index contributed by atoms with van der Waals surface area (Å²) in [5.41, 5.74) is -1.16. The summed E-state index contributed by atoms with van der Waals surface area (Å²) in [5, 5.41) is 10.0. The number of nitro groups is 1. The molecule has 0 N–H and O–H groups in total. The van der Waals surface area contributed by atoms with E-state index in [0.29, 0.717) is 6.07 Å². The second-order valence-corrected chi connectivity index (χ2v) is 3.54. The van der Waals surface area contributed by atoms with Crippen molar-refractivity contribution < 1.29 is 23.2 Å². The third-order valence-electron chi connectivity index (χ3n) is 2.02. The number of methoxy groups -OCH3 is 1. The van der Waals surface area contributed by atoms with E-state index >= 15 is 0 Å². The summed E-state index contributed by atoms with van der Waals surface area (Å²) < 4.78 is 29.8. The SMILES string of the molecule is COC(=O)Cc1nc([N+](=O)[O-])cc(Cl)c1C(F)F. The topological polar surface area (TPSA) is 82.3 Å². The van der Waals surface area contributed by atoms with Gasteiger partial charge in [-0.15, -0.1) is 0 Å². The van der Waals surface area contributed by atoms with Crippen LogP contribution < -0.4 is 0 Å². The number of pyridine rings is 1. The zero-order valence-electron chi connectivity index (χ0n) is 9.02. The molecule has 0 saturated carbocycles. The first-order chi connectivity index (χ1) is 8.36. The van der Waals surface area contributed by atoms with Crippen molar-refractivity contribution in [2.45, 2.75) is 12.8 Å². The summed E-state index contributed by atoms with van der Waals surface area (Å²) in [5.74, 6) is -1.55. The quantitative estimate of drug-likeness (QED) is 0.480. The molecule has 18 heavy (non-hydrogen) atoms. The first-order valence-electron chi connectivity index (χ1n) is 4.55. The van der Waals surface area contributed by atoms with Crippen LogP contribution in [0.2, 0.25) is 5.02 Å². The van der Waals surface area contributed by atoms with E-state index in [0.717, 1.165) is 7.11 Å². The molecule has 0 spiro atoms. The van der Waals surface area contributed by atoms with Crippen LogP contribution in [0.3, 0.4) is 0 Å². The highest BCUT2D eigenvalue weighted by molar-refractivity contribution is 6.31. The third-order valence-corrected chi connectivity index (χ3v) is 2.33. The monoisotopic (exact) mass is 280 g/mol. The highest BCUT2D eigenvalue weighted by Gasteiger charge is 2.27. The van der Waals surface area contributed by atoms with Crippen LogP contribution in [0.1, 0.15) is 17.7 Å². The Kier molecular flexibility index (Phi) is 4.49. The maximum atomic E-state index is 12.7. The summed E-state index contributed by atoms with van der Waals surface area (Å²) in [6.45, 7) is 0. The normalized spacial score (nSPS) is 10.5. The minimum absolute atomic E-state index is 0.462. The standard InChI is InChI=1S/C9H7ClF2N2O4/c1-18-7(15)3-5-8(9(11)12)4(10)2-6(13-5)14(16)17/h2,9H,3H2,1H3. The van der Waals surface area contributed by atoms with Gasteiger partial charge in [0.15, 0.2) is 5.69 Å². The molecule has 1 heterocycles. The van der Waals surface area contributed by atoms with E-state index in [1.165, 1.54) is 0 Å². The number of carbonyl (C=O) groups is 1. The summed E-state index contributed by atoms with van der Waals surface area (Å²) in [6, 6.07) is 0.712. The van der Waals surface area contributed by atoms with Gasteiger partial charge in [0.2, 0.25) is 0 Å². The highest BCUT2D eigenvalue weighted by atomic mass is 35.5. The van der Waals surface area contributed by atoms with Crippen molar-refractivity contribution in [2.75, 3.05) is 7.11 Å². The fourth-order valence-electron chi connectivity index (χ4n) is 1.23. The smallest absolute Gasteiger partial charge is 0.365 e. The Hall–Kier alpha value is -1.83. The van der Waals surface area contributed by atoms with Crippen molar-refractivity contribution in [3.05, 3.63) is 32.5 Å². The van der Waals surface area contributed by atoms with Crippen LogP contribution in [0.25, 0.3) is 0 Å². The lowest BCUT2D eigenvalue weighted by Crippen LogP contribution is -2.11. The van der Waals surface area contributed by atoms with Gasteiger partial charge in [0, 0.05) is 0 Å². The van der Waals surface area contributed by atoms with Gasteiger partial charge in [0.25, 0.3) is 6.43 Å². The van der Waals surface area contributed by atoms with Gasteiger partial charge in [-0.3, -0.25) is 4.79 Å². The van der Waals surface area contributed by atoms with E-state index in [9.17, 15) is 23.7 Å². The molecule has 0 saturated heterocycles. The van der Waals surface area contributed by atoms with Crippen LogP contribution >= 0.6 is 11.6 Å². The molecule has 0 aliphatic carbocycles. The Morgan fingerprint density at radius 3 is 2.72 bits per heavy atom. The molecule has 0 radical (unpaired) electrons. The molecule has 0 fully saturated rings. The van der Waals surface area contributed by atoms with Gasteiger partial charge < -0.3 is 14.9 Å². The number of halogens is 3. The fourth-order valence-corrected chi connectivity index (χ4v) is 1.52. The average Bonchev–Trinajstić information content (AvgIpc) is 2.27. The van der Waals surface area contributed by atoms with Crippen molar-refractivity contribution in [3.63, 3.8) is 0 Å². The zero-order valence-corrected chi connectivity index (χ0v) is 9.78. The summed E-state index contributed by atoms with van der Waals surface area (Å²) >= 11 is 5.52. The molecular weight excluding hydrogens is 274 g/mol. The van der Waals surface area contributed by atoms with Gasteiger partial charge in [0.1, 0.15) is 6.42 Å². The Morgan fingerprint density at radius 1 is 1.67 bits per heavy atom. The van der Waals surface area contributed by atoms with Gasteiger partial charge in [-0.25, -0.2) is 8.78 Å². The number of rotatable bonds is 4. The van der Waals surface area contributed by atoms with Gasteiger partial charge in [-0.05, 0) is 9.91 Å². The number of hydrogen-bond donors (Lipinski definition) is 0. The van der Waals surface area contributed by atoms with Gasteiger partial charge in [-0.1, -0.05) is 11.6 Å². The number of ether oxygens (including phenoxy) is 1. The van der Waals surface area contributed by atoms with Crippen molar-refractivity contribution >= 4 is 23.4 Å². The minimum Gasteiger partial charge on any atom is -0.469 e. The van der Waals surface area contributed by atoms with Crippen molar-refractivity contribution in [1.29, 1.82) is 0 Å². The molecule has 0 aliphatic heterocycles. The Balaban J connectivity index is 3.33. The molecular formula is C9H7ClF2N2O4. The molecule has 0 aliphatic rings. The third kappa shape index (κ3) is 3.10. The second-order valence-electron chi connectivity index (χ2n) is 3.13. The first-order valence-corrected chi connectivity index (χ1v) is 4.93. The number of alkyl halides is 2. The van der Waals surface area contributed by atoms with Gasteiger partial charge in [-0.2, -0.15) is 0 Å². The Morgan fingerprint density at radius 2 is 2.28 bits per heavy atom. The van der Waals surface area contributed by atoms with Gasteiger partial charge in [0.05, 0.1) is 23.8 Å². The lowest BCUT2D eigenvalue weighted by Gasteiger charge is -2.06. The summed E-state index contributed by atoms with van der Waals surface area (Å²) in [4.78, 5) is 24.0. The van der Waals surface area contributed by atoms with Crippen LogP contribution in [0.15, 0.2) is 6.07 Å². The summed E-state index contributed by atoms with van der Waals surface area (Å²) in [7, 11) is 1.06. The zero-order chi connectivity index (χ0) is 13.9. The number of carbonyl (C=O) groups excluding carboxylic acids is 1. The number of hydrogen-bond acceptors (Lipinski definition) is 5. The number of aromatic nitrogens is 1. The number of esters is 1. The molecule has 9 heteroatoms. The summed E-state index contributed by atoms with van der Waals surface area (Å²) in [6.07, 6.45) is -3.61. The van der Waals surface area contributed by atoms with E-state index in [4.69, 9.17) is 11.6 Å². The molecule has 0 amide bonds. The molecule has 0 aromatic carbocycles. The molecule has 1 rings (SSSR count). The van der Waals surface area contributed by atoms with E-state index in [2.05, 4.69) is 9.72 Å². The Bertz CT molecular complexity index is 496. The fraction of sp³-hybridized carbons (Fsp3) is 0.333. The van der Waals surface area contributed by atoms with E-state index in [1.54, 1.807) is 0 Å². The predicted octanol–water partition coefficient (Wildman–Crippen LogP) is 2.30. The molecule has 1 aromatic heterocycles. The predicted molar refractivity (Wildman–Crippen MR) is 56.6 cm³/mol. The number of nitrogens with zero attached hydrogens (tertiary/aromatic N) is 2. The molecule has 6 nitrogen and oxygen atoms in total. The molecule has 0 unspecified atom stereocenters. The van der Waals surface area contributed by atoms with Crippen molar-refractivity contribution in [1.82, 2.24) is 4.98 Å². The highest BCUT2D eigenvalue weighted by Crippen LogP contribution is 2.32. The molecule has 0 atom stereocenters. The van der Waals surface area contributed by atoms with Crippen LogP contribution in [0, 0.1) is 10.1 Å². The van der Waals surface area contributed by atoms with E-state index < -0.39 is 45.8 Å². The Labute approximate surface area is 105 Å². The van der Waals surface area contributed by atoms with Crippen LogP contribution in [-0.4, -0.2) is 23.0 Å². The molecule has 0 bridgehead atoms. The van der Waals surface area contributed by atoms with Crippen LogP contribution in [0.4, 0.5) is 14.6 Å². The van der Waals surface area contributed by atoms with Gasteiger partial charge >= 0.3 is 11.8 Å². The largest absolute Gasteiger partial charge is 0.469 e. The lowest BCUT2D eigenvalue weighted by atomic mass is 10.1. The minimum atomic E-state index is -2.99. The van der Waals surface area contributed by atoms with Crippen LogP contribution in [0.5, 0.6) is 0 Å². The van der Waals surface area contributed by atoms with E-state index in [1.807, 2.05) is 0 Å². The maximum Gasteiger partial charge on any atom is 0.365 e. The molecule has 98 valence electrons. The van der Waals surface area contributed by atoms with Crippen LogP contribution in [-0.2, 0) is 16.0 Å². The van der Waals surface area contributed by atoms with E-state index in [-0.39, 0.29) is 0 Å². The lowest BCUT2D eigenvalue weighted by molar-refractivity contribution is -0.389. The average molecular weight is 281 g/mol. The first kappa shape index (κ1) is 14.2. The maximum absolute atomic E-state index is 12.7.